The fourth-order valence-electron chi connectivity index (χ4n) is 6.06. The highest BCUT2D eigenvalue weighted by Gasteiger charge is 2.16. The van der Waals surface area contributed by atoms with Gasteiger partial charge in [0.15, 0.2) is 23.3 Å². The predicted octanol–water partition coefficient (Wildman–Crippen LogP) is 9.03. The lowest BCUT2D eigenvalue weighted by atomic mass is 9.99. The highest BCUT2D eigenvalue weighted by molar-refractivity contribution is 6.40. The molecule has 276 valence electrons. The van der Waals surface area contributed by atoms with Gasteiger partial charge in [0.2, 0.25) is 0 Å². The fraction of sp³-hybridized carbons (Fsp3) is 0.111. The van der Waals surface area contributed by atoms with Crippen molar-refractivity contribution in [3.05, 3.63) is 213 Å². The Bertz CT molecular complexity index is 2140. The summed E-state index contributed by atoms with van der Waals surface area (Å²) in [5, 5.41) is 18.2. The van der Waals surface area contributed by atoms with Gasteiger partial charge in [-0.15, -0.1) is 23.2 Å². The number of hydrazone groups is 4. The Kier molecular flexibility index (Phi) is 13.8. The summed E-state index contributed by atoms with van der Waals surface area (Å²) in [6.07, 6.45) is 1.71. The topological polar surface area (TPSA) is 97.6 Å². The first-order valence-electron chi connectivity index (χ1n) is 17.9. The molecule has 8 nitrogen and oxygen atoms in total. The molecule has 0 amide bonds. The summed E-state index contributed by atoms with van der Waals surface area (Å²) >= 11 is 9.53. The number of benzene rings is 6. The molecule has 6 aromatic rings. The molecule has 0 atom stereocenters. The Morgan fingerprint density at radius 3 is 1.11 bits per heavy atom. The normalized spacial score (nSPS) is 12.9. The number of alkyl halides is 2. The number of nitrogens with zero attached hydrogens (tertiary/aromatic N) is 4. The number of amidine groups is 4. The van der Waals surface area contributed by atoms with E-state index in [4.69, 9.17) is 23.2 Å². The minimum atomic E-state index is 0.194. The van der Waals surface area contributed by atoms with Crippen LogP contribution in [-0.4, -0.2) is 28.7 Å². The Hall–Kier alpha value is -6.22. The maximum atomic E-state index is 4.76. The molecule has 2 heterocycles. The molecule has 8 rings (SSSR count). The van der Waals surface area contributed by atoms with Crippen molar-refractivity contribution < 1.29 is 0 Å². The Morgan fingerprint density at radius 1 is 0.400 bits per heavy atom. The van der Waals surface area contributed by atoms with Crippen molar-refractivity contribution in [3.63, 3.8) is 0 Å². The Labute approximate surface area is 332 Å². The molecule has 0 fully saturated rings. The van der Waals surface area contributed by atoms with Gasteiger partial charge in [0.1, 0.15) is 0 Å². The van der Waals surface area contributed by atoms with E-state index in [1.165, 1.54) is 33.4 Å². The minimum Gasteiger partial charge on any atom is -0.257 e. The molecule has 2 aliphatic heterocycles. The Balaban J connectivity index is 0.000000175. The standard InChI is InChI=1S/2C22H20N4.CH2Cl2/c2*1-16-8-7-12-19(14-16)21-23-25-22(26-24-21)20-13-6-5-11-18(20)15-17-9-3-2-4-10-17;2-1-3/h2*2-14H,15H2,1H3,(H,23,24)(H,25,26);1H2. The van der Waals surface area contributed by atoms with Gasteiger partial charge in [0, 0.05) is 22.3 Å². The van der Waals surface area contributed by atoms with E-state index in [2.05, 4.69) is 165 Å². The summed E-state index contributed by atoms with van der Waals surface area (Å²) in [5.74, 6) is 2.90. The quantitative estimate of drug-likeness (QED) is 0.116. The smallest absolute Gasteiger partial charge is 0.174 e. The van der Waals surface area contributed by atoms with Crippen molar-refractivity contribution in [2.75, 3.05) is 5.34 Å². The van der Waals surface area contributed by atoms with E-state index in [9.17, 15) is 0 Å². The predicted molar refractivity (Wildman–Crippen MR) is 229 cm³/mol. The average Bonchev–Trinajstić information content (AvgIpc) is 3.23. The highest BCUT2D eigenvalue weighted by Crippen LogP contribution is 2.18. The zero-order valence-corrected chi connectivity index (χ0v) is 32.2. The highest BCUT2D eigenvalue weighted by atomic mass is 35.5. The lowest BCUT2D eigenvalue weighted by molar-refractivity contribution is 0.881. The van der Waals surface area contributed by atoms with Crippen LogP contribution in [0.15, 0.2) is 178 Å². The third-order valence-electron chi connectivity index (χ3n) is 8.70. The van der Waals surface area contributed by atoms with E-state index >= 15 is 0 Å². The molecule has 0 unspecified atom stereocenters. The van der Waals surface area contributed by atoms with Crippen molar-refractivity contribution in [1.82, 2.24) is 21.7 Å². The van der Waals surface area contributed by atoms with Gasteiger partial charge in [-0.05, 0) is 61.1 Å². The van der Waals surface area contributed by atoms with Gasteiger partial charge in [-0.2, -0.15) is 20.4 Å². The lowest BCUT2D eigenvalue weighted by Crippen LogP contribution is -2.35. The number of aryl methyl sites for hydroxylation is 2. The van der Waals surface area contributed by atoms with Crippen LogP contribution >= 0.6 is 23.2 Å². The molecular formula is C45H42Cl2N8. The van der Waals surface area contributed by atoms with Crippen LogP contribution in [0.2, 0.25) is 0 Å². The monoisotopic (exact) mass is 764 g/mol. The molecule has 0 saturated carbocycles. The zero-order chi connectivity index (χ0) is 38.2. The van der Waals surface area contributed by atoms with Crippen LogP contribution in [0.3, 0.4) is 0 Å². The molecule has 0 radical (unpaired) electrons. The maximum absolute atomic E-state index is 4.76. The number of halogens is 2. The summed E-state index contributed by atoms with van der Waals surface area (Å²) in [5.41, 5.74) is 23.8. The van der Waals surface area contributed by atoms with Crippen molar-refractivity contribution in [2.24, 2.45) is 20.4 Å². The molecule has 55 heavy (non-hydrogen) atoms. The van der Waals surface area contributed by atoms with E-state index < -0.39 is 0 Å². The molecule has 0 spiro atoms. The molecule has 10 heteroatoms. The van der Waals surface area contributed by atoms with Crippen molar-refractivity contribution in [3.8, 4) is 0 Å². The second-order valence-electron chi connectivity index (χ2n) is 12.8. The SMILES string of the molecule is Cc1cccc(C2=NNC(c3ccccc3Cc3ccccc3)=NN2)c1.Cc1cccc(C2=NNC(c3ccccc3Cc3ccccc3)=NN2)c1.ClCCl. The molecule has 4 N–H and O–H groups in total. The van der Waals surface area contributed by atoms with Crippen LogP contribution in [0, 0.1) is 13.8 Å². The fourth-order valence-corrected chi connectivity index (χ4v) is 6.06. The summed E-state index contributed by atoms with van der Waals surface area (Å²) in [6, 6.07) is 53.8. The first-order valence-corrected chi connectivity index (χ1v) is 18.9. The summed E-state index contributed by atoms with van der Waals surface area (Å²) in [6.45, 7) is 4.13. The van der Waals surface area contributed by atoms with E-state index in [-0.39, 0.29) is 5.34 Å². The number of rotatable bonds is 8. The average molecular weight is 766 g/mol. The molecule has 2 aliphatic rings. The molecule has 0 bridgehead atoms. The van der Waals surface area contributed by atoms with Crippen LogP contribution in [-0.2, 0) is 12.8 Å². The van der Waals surface area contributed by atoms with Gasteiger partial charge in [-0.1, -0.05) is 157 Å². The molecule has 0 aliphatic carbocycles. The van der Waals surface area contributed by atoms with Gasteiger partial charge in [0.25, 0.3) is 0 Å². The summed E-state index contributed by atoms with van der Waals surface area (Å²) in [4.78, 5) is 0. The first-order chi connectivity index (χ1) is 27.0. The van der Waals surface area contributed by atoms with E-state index in [1.54, 1.807) is 0 Å². The largest absolute Gasteiger partial charge is 0.257 e. The van der Waals surface area contributed by atoms with Gasteiger partial charge in [-0.25, -0.2) is 0 Å². The molecule has 0 aromatic heterocycles. The minimum absolute atomic E-state index is 0.194. The van der Waals surface area contributed by atoms with E-state index in [0.29, 0.717) is 0 Å². The van der Waals surface area contributed by atoms with Crippen LogP contribution in [0.1, 0.15) is 55.6 Å². The van der Waals surface area contributed by atoms with Crippen molar-refractivity contribution in [1.29, 1.82) is 0 Å². The van der Waals surface area contributed by atoms with Crippen LogP contribution in [0.5, 0.6) is 0 Å². The molecule has 6 aromatic carbocycles. The summed E-state index contributed by atoms with van der Waals surface area (Å²) < 4.78 is 0. The van der Waals surface area contributed by atoms with Gasteiger partial charge < -0.3 is 0 Å². The van der Waals surface area contributed by atoms with Crippen molar-refractivity contribution >= 4 is 46.5 Å². The number of hydrogen-bond donors (Lipinski definition) is 4. The molecule has 0 saturated heterocycles. The van der Waals surface area contributed by atoms with Gasteiger partial charge >= 0.3 is 0 Å². The number of hydrogen-bond acceptors (Lipinski definition) is 8. The van der Waals surface area contributed by atoms with Gasteiger partial charge in [-0.3, -0.25) is 21.7 Å². The number of nitrogens with one attached hydrogen (secondary N) is 4. The van der Waals surface area contributed by atoms with E-state index in [1.807, 2.05) is 48.5 Å². The lowest BCUT2D eigenvalue weighted by Gasteiger charge is -2.17. The second kappa shape index (κ2) is 19.7. The van der Waals surface area contributed by atoms with Crippen LogP contribution in [0.4, 0.5) is 0 Å². The summed E-state index contributed by atoms with van der Waals surface area (Å²) in [7, 11) is 0. The zero-order valence-electron chi connectivity index (χ0n) is 30.7. The third-order valence-corrected chi connectivity index (χ3v) is 8.70. The van der Waals surface area contributed by atoms with E-state index in [0.717, 1.165) is 58.4 Å². The molecular weight excluding hydrogens is 723 g/mol. The Morgan fingerprint density at radius 2 is 0.745 bits per heavy atom. The van der Waals surface area contributed by atoms with Gasteiger partial charge in [0.05, 0.1) is 5.34 Å². The third kappa shape index (κ3) is 10.9. The second-order valence-corrected chi connectivity index (χ2v) is 13.6. The van der Waals surface area contributed by atoms with Crippen molar-refractivity contribution in [2.45, 2.75) is 26.7 Å². The van der Waals surface area contributed by atoms with Crippen LogP contribution in [0.25, 0.3) is 0 Å². The maximum Gasteiger partial charge on any atom is 0.174 e. The first kappa shape index (κ1) is 38.5. The van der Waals surface area contributed by atoms with Crippen LogP contribution < -0.4 is 21.7 Å².